The van der Waals surface area contributed by atoms with E-state index in [4.69, 9.17) is 11.6 Å². The van der Waals surface area contributed by atoms with E-state index in [-0.39, 0.29) is 16.5 Å². The summed E-state index contributed by atoms with van der Waals surface area (Å²) in [4.78, 5) is 15.7. The molecule has 1 aromatic heterocycles. The molecule has 1 aromatic carbocycles. The van der Waals surface area contributed by atoms with Gasteiger partial charge in [0.05, 0.1) is 0 Å². The van der Waals surface area contributed by atoms with E-state index in [0.29, 0.717) is 0 Å². The molecule has 0 aliphatic rings. The van der Waals surface area contributed by atoms with Crippen molar-refractivity contribution in [3.05, 3.63) is 52.0 Å². The number of aryl methyl sites for hydroxylation is 1. The summed E-state index contributed by atoms with van der Waals surface area (Å²) in [5.41, 5.74) is 0.586. The van der Waals surface area contributed by atoms with Crippen molar-refractivity contribution in [1.29, 1.82) is 0 Å². The van der Waals surface area contributed by atoms with E-state index in [0.717, 1.165) is 5.69 Å². The normalized spacial score (nSPS) is 10.1. The molecule has 5 heteroatoms. The molecule has 16 heavy (non-hydrogen) atoms. The van der Waals surface area contributed by atoms with Gasteiger partial charge in [-0.2, -0.15) is 0 Å². The molecular formula is C11H10ClN3O. The third kappa shape index (κ3) is 2.23. The van der Waals surface area contributed by atoms with Gasteiger partial charge >= 0.3 is 0 Å². The molecule has 0 spiro atoms. The van der Waals surface area contributed by atoms with Crippen LogP contribution in [0, 0.1) is 0 Å². The lowest BCUT2D eigenvalue weighted by molar-refractivity contribution is 0.845. The highest BCUT2D eigenvalue weighted by Gasteiger charge is 2.05. The van der Waals surface area contributed by atoms with Crippen LogP contribution in [0.3, 0.4) is 0 Å². The maximum atomic E-state index is 11.7. The molecule has 0 radical (unpaired) electrons. The van der Waals surface area contributed by atoms with E-state index in [1.54, 1.807) is 7.05 Å². The number of para-hydroxylation sites is 1. The van der Waals surface area contributed by atoms with Crippen LogP contribution in [-0.4, -0.2) is 9.55 Å². The lowest BCUT2D eigenvalue weighted by Gasteiger charge is -2.06. The fraction of sp³-hybridized carbons (Fsp3) is 0.0909. The van der Waals surface area contributed by atoms with Crippen molar-refractivity contribution in [2.24, 2.45) is 7.05 Å². The number of nitrogens with one attached hydrogen (secondary N) is 1. The van der Waals surface area contributed by atoms with E-state index < -0.39 is 0 Å². The van der Waals surface area contributed by atoms with Gasteiger partial charge in [-0.1, -0.05) is 29.8 Å². The van der Waals surface area contributed by atoms with Gasteiger partial charge in [-0.25, -0.2) is 4.98 Å². The summed E-state index contributed by atoms with van der Waals surface area (Å²) in [5, 5.41) is 3.20. The highest BCUT2D eigenvalue weighted by atomic mass is 35.5. The molecular weight excluding hydrogens is 226 g/mol. The topological polar surface area (TPSA) is 46.9 Å². The standard InChI is InChI=1S/C11H10ClN3O/c1-15-7-9(12)14-10(11(15)16)13-8-5-3-2-4-6-8/h2-7H,1H3,(H,13,14). The largest absolute Gasteiger partial charge is 0.336 e. The van der Waals surface area contributed by atoms with Crippen molar-refractivity contribution >= 4 is 23.1 Å². The monoisotopic (exact) mass is 235 g/mol. The average Bonchev–Trinajstić information content (AvgIpc) is 2.27. The molecule has 2 aromatic rings. The summed E-state index contributed by atoms with van der Waals surface area (Å²) in [6, 6.07) is 9.34. The number of benzene rings is 1. The first-order chi connectivity index (χ1) is 7.66. The number of aromatic nitrogens is 2. The maximum Gasteiger partial charge on any atom is 0.293 e. The van der Waals surface area contributed by atoms with Gasteiger partial charge in [0.1, 0.15) is 5.15 Å². The second-order valence-electron chi connectivity index (χ2n) is 3.32. The van der Waals surface area contributed by atoms with E-state index in [2.05, 4.69) is 10.3 Å². The predicted molar refractivity (Wildman–Crippen MR) is 64.2 cm³/mol. The van der Waals surface area contributed by atoms with Crippen molar-refractivity contribution in [3.8, 4) is 0 Å². The Labute approximate surface area is 97.5 Å². The SMILES string of the molecule is Cn1cc(Cl)nc(Nc2ccccc2)c1=O. The molecule has 0 aliphatic carbocycles. The summed E-state index contributed by atoms with van der Waals surface area (Å²) >= 11 is 5.78. The molecule has 0 saturated carbocycles. The highest BCUT2D eigenvalue weighted by molar-refractivity contribution is 6.29. The van der Waals surface area contributed by atoms with E-state index >= 15 is 0 Å². The van der Waals surface area contributed by atoms with Crippen LogP contribution in [-0.2, 0) is 7.05 Å². The van der Waals surface area contributed by atoms with E-state index in [9.17, 15) is 4.79 Å². The molecule has 82 valence electrons. The molecule has 4 nitrogen and oxygen atoms in total. The van der Waals surface area contributed by atoms with Crippen LogP contribution in [0.25, 0.3) is 0 Å². The molecule has 0 fully saturated rings. The van der Waals surface area contributed by atoms with Crippen molar-refractivity contribution in [2.75, 3.05) is 5.32 Å². The predicted octanol–water partition coefficient (Wildman–Crippen LogP) is 2.18. The van der Waals surface area contributed by atoms with Crippen molar-refractivity contribution in [3.63, 3.8) is 0 Å². The van der Waals surface area contributed by atoms with E-state index in [1.807, 2.05) is 30.3 Å². The van der Waals surface area contributed by atoms with Gasteiger partial charge in [-0.15, -0.1) is 0 Å². The Hall–Kier alpha value is -1.81. The van der Waals surface area contributed by atoms with Crippen LogP contribution in [0.15, 0.2) is 41.3 Å². The van der Waals surface area contributed by atoms with Crippen LogP contribution < -0.4 is 10.9 Å². The van der Waals surface area contributed by atoms with E-state index in [1.165, 1.54) is 10.8 Å². The minimum Gasteiger partial charge on any atom is -0.336 e. The zero-order valence-electron chi connectivity index (χ0n) is 8.64. The molecule has 1 heterocycles. The van der Waals surface area contributed by atoms with Gasteiger partial charge in [-0.05, 0) is 12.1 Å². The van der Waals surface area contributed by atoms with Gasteiger partial charge in [0.25, 0.3) is 5.56 Å². The van der Waals surface area contributed by atoms with Crippen molar-refractivity contribution < 1.29 is 0 Å². The number of hydrogen-bond acceptors (Lipinski definition) is 3. The lowest BCUT2D eigenvalue weighted by atomic mass is 10.3. The Morgan fingerprint density at radius 1 is 1.31 bits per heavy atom. The zero-order valence-corrected chi connectivity index (χ0v) is 9.40. The van der Waals surface area contributed by atoms with Gasteiger partial charge in [0, 0.05) is 18.9 Å². The minimum absolute atomic E-state index is 0.215. The molecule has 0 unspecified atom stereocenters. The first-order valence-electron chi connectivity index (χ1n) is 4.72. The average molecular weight is 236 g/mol. The smallest absolute Gasteiger partial charge is 0.293 e. The van der Waals surface area contributed by atoms with Crippen molar-refractivity contribution in [2.45, 2.75) is 0 Å². The Balaban J connectivity index is 2.39. The highest BCUT2D eigenvalue weighted by Crippen LogP contribution is 2.12. The fourth-order valence-corrected chi connectivity index (χ4v) is 1.54. The fourth-order valence-electron chi connectivity index (χ4n) is 1.31. The van der Waals surface area contributed by atoms with Gasteiger partial charge in [0.2, 0.25) is 0 Å². The molecule has 0 bridgehead atoms. The van der Waals surface area contributed by atoms with Gasteiger partial charge in [-0.3, -0.25) is 4.79 Å². The van der Waals surface area contributed by atoms with Gasteiger partial charge in [0.15, 0.2) is 5.82 Å². The van der Waals surface area contributed by atoms with Crippen LogP contribution in [0.2, 0.25) is 5.15 Å². The molecule has 0 amide bonds. The molecule has 0 atom stereocenters. The van der Waals surface area contributed by atoms with Crippen LogP contribution in [0.5, 0.6) is 0 Å². The third-order valence-electron chi connectivity index (χ3n) is 2.08. The molecule has 0 aliphatic heterocycles. The number of rotatable bonds is 2. The quantitative estimate of drug-likeness (QED) is 0.868. The van der Waals surface area contributed by atoms with Gasteiger partial charge < -0.3 is 9.88 Å². The summed E-state index contributed by atoms with van der Waals surface area (Å²) in [5.74, 6) is 0.223. The Bertz CT molecular complexity index is 551. The van der Waals surface area contributed by atoms with Crippen LogP contribution in [0.4, 0.5) is 11.5 Å². The summed E-state index contributed by atoms with van der Waals surface area (Å²) < 4.78 is 1.39. The first kappa shape index (κ1) is 10.7. The van der Waals surface area contributed by atoms with Crippen molar-refractivity contribution in [1.82, 2.24) is 9.55 Å². The number of hydrogen-bond donors (Lipinski definition) is 1. The Kier molecular flexibility index (Phi) is 2.92. The molecule has 1 N–H and O–H groups in total. The summed E-state index contributed by atoms with van der Waals surface area (Å²) in [6.07, 6.45) is 1.47. The number of anilines is 2. The molecule has 2 rings (SSSR count). The number of nitrogens with zero attached hydrogens (tertiary/aromatic N) is 2. The lowest BCUT2D eigenvalue weighted by Crippen LogP contribution is -2.20. The molecule has 0 saturated heterocycles. The first-order valence-corrected chi connectivity index (χ1v) is 5.10. The third-order valence-corrected chi connectivity index (χ3v) is 2.26. The summed E-state index contributed by atoms with van der Waals surface area (Å²) in [7, 11) is 1.63. The Morgan fingerprint density at radius 2 is 2.00 bits per heavy atom. The Morgan fingerprint density at radius 3 is 2.69 bits per heavy atom. The number of halogens is 1. The summed E-state index contributed by atoms with van der Waals surface area (Å²) in [6.45, 7) is 0. The minimum atomic E-state index is -0.215. The zero-order chi connectivity index (χ0) is 11.5. The van der Waals surface area contributed by atoms with Crippen LogP contribution >= 0.6 is 11.6 Å². The second-order valence-corrected chi connectivity index (χ2v) is 3.71. The van der Waals surface area contributed by atoms with Crippen LogP contribution in [0.1, 0.15) is 0 Å². The maximum absolute atomic E-state index is 11.7. The second kappa shape index (κ2) is 4.37.